The zero-order chi connectivity index (χ0) is 19.0. The van der Waals surface area contributed by atoms with Crippen molar-refractivity contribution in [3.8, 4) is 5.69 Å². The molecule has 2 aromatic heterocycles. The topological polar surface area (TPSA) is 46.9 Å². The predicted octanol–water partition coefficient (Wildman–Crippen LogP) is 4.61. The summed E-state index contributed by atoms with van der Waals surface area (Å²) in [6.45, 7) is 6.62. The number of carbonyl (C=O) groups excluding carboxylic acids is 1. The molecule has 0 saturated carbocycles. The second-order valence-electron chi connectivity index (χ2n) is 8.27. The molecule has 0 radical (unpaired) electrons. The van der Waals surface area contributed by atoms with Crippen LogP contribution in [0.25, 0.3) is 5.69 Å². The third-order valence-electron chi connectivity index (χ3n) is 5.24. The summed E-state index contributed by atoms with van der Waals surface area (Å²) in [5.74, 6) is 0.0742. The van der Waals surface area contributed by atoms with Crippen molar-refractivity contribution in [3.05, 3.63) is 69.7 Å². The van der Waals surface area contributed by atoms with Gasteiger partial charge in [0.25, 0.3) is 0 Å². The lowest BCUT2D eigenvalue weighted by atomic mass is 9.74. The maximum atomic E-state index is 12.6. The number of nitrogens with one attached hydrogen (secondary N) is 1. The number of carbonyl (C=O) groups is 1. The normalized spacial score (nSPS) is 18.1. The van der Waals surface area contributed by atoms with E-state index in [0.29, 0.717) is 6.42 Å². The Balaban J connectivity index is 1.62. The number of rotatable bonds is 4. The number of thiophene rings is 1. The molecule has 140 valence electrons. The van der Waals surface area contributed by atoms with Crippen molar-refractivity contribution in [1.29, 1.82) is 0 Å². The number of hydrogen-bond acceptors (Lipinski definition) is 3. The average Bonchev–Trinajstić information content (AvgIpc) is 3.24. The van der Waals surface area contributed by atoms with Gasteiger partial charge in [0.05, 0.1) is 30.0 Å². The highest BCUT2D eigenvalue weighted by atomic mass is 32.1. The van der Waals surface area contributed by atoms with E-state index in [-0.39, 0.29) is 17.4 Å². The molecule has 1 N–H and O–H groups in total. The Bertz CT molecular complexity index is 939. The van der Waals surface area contributed by atoms with Gasteiger partial charge < -0.3 is 5.32 Å². The molecule has 0 unspecified atom stereocenters. The van der Waals surface area contributed by atoms with Gasteiger partial charge in [-0.2, -0.15) is 16.4 Å². The van der Waals surface area contributed by atoms with Crippen molar-refractivity contribution in [1.82, 2.24) is 15.1 Å². The van der Waals surface area contributed by atoms with E-state index in [1.807, 2.05) is 27.7 Å². The molecule has 1 aliphatic rings. The van der Waals surface area contributed by atoms with Gasteiger partial charge in [0, 0.05) is 5.56 Å². The number of aromatic nitrogens is 2. The molecule has 3 aromatic rings. The Hall–Kier alpha value is -2.40. The molecule has 0 bridgehead atoms. The quantitative estimate of drug-likeness (QED) is 0.719. The van der Waals surface area contributed by atoms with E-state index in [0.717, 1.165) is 29.7 Å². The average molecular weight is 380 g/mol. The Morgan fingerprint density at radius 3 is 2.78 bits per heavy atom. The van der Waals surface area contributed by atoms with Crippen molar-refractivity contribution in [2.45, 2.75) is 46.1 Å². The van der Waals surface area contributed by atoms with Gasteiger partial charge in [0.2, 0.25) is 5.91 Å². The fraction of sp³-hybridized carbons (Fsp3) is 0.364. The lowest BCUT2D eigenvalue weighted by Gasteiger charge is -2.36. The van der Waals surface area contributed by atoms with E-state index in [1.165, 1.54) is 11.3 Å². The molecule has 4 nitrogen and oxygen atoms in total. The van der Waals surface area contributed by atoms with Gasteiger partial charge in [0.15, 0.2) is 0 Å². The van der Waals surface area contributed by atoms with Crippen LogP contribution in [0.5, 0.6) is 0 Å². The summed E-state index contributed by atoms with van der Waals surface area (Å²) < 4.78 is 2.04. The van der Waals surface area contributed by atoms with E-state index >= 15 is 0 Å². The van der Waals surface area contributed by atoms with E-state index in [9.17, 15) is 4.79 Å². The first-order chi connectivity index (χ1) is 12.9. The summed E-state index contributed by atoms with van der Waals surface area (Å²) in [4.78, 5) is 12.6. The van der Waals surface area contributed by atoms with Crippen molar-refractivity contribution >= 4 is 17.2 Å². The van der Waals surface area contributed by atoms with Crippen molar-refractivity contribution in [2.75, 3.05) is 0 Å². The summed E-state index contributed by atoms with van der Waals surface area (Å²) in [6, 6.07) is 10.4. The van der Waals surface area contributed by atoms with Crippen LogP contribution in [0.4, 0.5) is 0 Å². The largest absolute Gasteiger partial charge is 0.349 e. The van der Waals surface area contributed by atoms with Gasteiger partial charge in [-0.25, -0.2) is 4.68 Å². The molecule has 1 amide bonds. The standard InChI is InChI=1S/C22H25N3OS/c1-15-4-6-17(7-5-15)25-20-12-22(2,3)11-19(18(20)13-23-25)24-21(26)10-16-8-9-27-14-16/h4-9,13-14,19H,10-12H2,1-3H3,(H,24,26)/t19-/m1/s1. The molecule has 4 rings (SSSR count). The van der Waals surface area contributed by atoms with Crippen LogP contribution in [0.2, 0.25) is 0 Å². The minimum absolute atomic E-state index is 0.00841. The van der Waals surface area contributed by atoms with Gasteiger partial charge in [-0.1, -0.05) is 31.5 Å². The first-order valence-corrected chi connectivity index (χ1v) is 10.3. The molecular formula is C22H25N3OS. The monoisotopic (exact) mass is 379 g/mol. The van der Waals surface area contributed by atoms with Crippen LogP contribution in [0, 0.1) is 12.3 Å². The summed E-state index contributed by atoms with van der Waals surface area (Å²) in [7, 11) is 0. The van der Waals surface area contributed by atoms with Gasteiger partial charge >= 0.3 is 0 Å². The fourth-order valence-corrected chi connectivity index (χ4v) is 4.57. The van der Waals surface area contributed by atoms with Crippen LogP contribution in [0.3, 0.4) is 0 Å². The summed E-state index contributed by atoms with van der Waals surface area (Å²) >= 11 is 1.62. The third kappa shape index (κ3) is 3.83. The Labute approximate surface area is 164 Å². The minimum Gasteiger partial charge on any atom is -0.349 e. The first kappa shape index (κ1) is 18.0. The molecule has 1 aromatic carbocycles. The van der Waals surface area contributed by atoms with Crippen LogP contribution < -0.4 is 5.32 Å². The molecule has 0 saturated heterocycles. The molecule has 1 atom stereocenters. The number of benzene rings is 1. The third-order valence-corrected chi connectivity index (χ3v) is 5.97. The van der Waals surface area contributed by atoms with Gasteiger partial charge in [-0.3, -0.25) is 4.79 Å². The van der Waals surface area contributed by atoms with E-state index in [4.69, 9.17) is 0 Å². The summed E-state index contributed by atoms with van der Waals surface area (Å²) in [6.07, 6.45) is 4.24. The highest BCUT2D eigenvalue weighted by Crippen LogP contribution is 2.41. The molecule has 2 heterocycles. The minimum atomic E-state index is 0.00841. The van der Waals surface area contributed by atoms with Crippen LogP contribution >= 0.6 is 11.3 Å². The van der Waals surface area contributed by atoms with Gasteiger partial charge in [0.1, 0.15) is 0 Å². The van der Waals surface area contributed by atoms with Crippen LogP contribution in [0.1, 0.15) is 48.7 Å². The SMILES string of the molecule is Cc1ccc(-n2ncc3c2CC(C)(C)C[C@H]3NC(=O)Cc2ccsc2)cc1. The first-order valence-electron chi connectivity index (χ1n) is 9.36. The Kier molecular flexibility index (Phi) is 4.64. The van der Waals surface area contributed by atoms with Crippen molar-refractivity contribution < 1.29 is 4.79 Å². The molecule has 1 aliphatic carbocycles. The maximum Gasteiger partial charge on any atom is 0.224 e. The molecular weight excluding hydrogens is 354 g/mol. The smallest absolute Gasteiger partial charge is 0.224 e. The predicted molar refractivity (Wildman–Crippen MR) is 109 cm³/mol. The second-order valence-corrected chi connectivity index (χ2v) is 9.05. The Morgan fingerprint density at radius 1 is 1.30 bits per heavy atom. The van der Waals surface area contributed by atoms with Gasteiger partial charge in [-0.15, -0.1) is 0 Å². The molecule has 0 fully saturated rings. The Morgan fingerprint density at radius 2 is 2.07 bits per heavy atom. The van der Waals surface area contributed by atoms with E-state index in [1.54, 1.807) is 11.3 Å². The van der Waals surface area contributed by atoms with Crippen LogP contribution in [-0.4, -0.2) is 15.7 Å². The lowest BCUT2D eigenvalue weighted by Crippen LogP contribution is -2.37. The zero-order valence-electron chi connectivity index (χ0n) is 16.0. The van der Waals surface area contributed by atoms with Gasteiger partial charge in [-0.05, 0) is 59.7 Å². The highest BCUT2D eigenvalue weighted by Gasteiger charge is 2.36. The van der Waals surface area contributed by atoms with E-state index < -0.39 is 0 Å². The zero-order valence-corrected chi connectivity index (χ0v) is 16.8. The summed E-state index contributed by atoms with van der Waals surface area (Å²) in [5.41, 5.74) is 5.84. The molecule has 0 aliphatic heterocycles. The van der Waals surface area contributed by atoms with E-state index in [2.05, 4.69) is 55.5 Å². The maximum absolute atomic E-state index is 12.6. The fourth-order valence-electron chi connectivity index (χ4n) is 3.90. The number of nitrogens with zero attached hydrogens (tertiary/aromatic N) is 2. The highest BCUT2D eigenvalue weighted by molar-refractivity contribution is 7.08. The lowest BCUT2D eigenvalue weighted by molar-refractivity contribution is -0.121. The number of amides is 1. The number of hydrogen-bond donors (Lipinski definition) is 1. The molecule has 0 spiro atoms. The number of fused-ring (bicyclic) bond motifs is 1. The van der Waals surface area contributed by atoms with Crippen LogP contribution in [-0.2, 0) is 17.6 Å². The molecule has 27 heavy (non-hydrogen) atoms. The van der Waals surface area contributed by atoms with Crippen molar-refractivity contribution in [3.63, 3.8) is 0 Å². The summed E-state index contributed by atoms with van der Waals surface area (Å²) in [5, 5.41) is 12.0. The molecule has 5 heteroatoms. The van der Waals surface area contributed by atoms with Crippen LogP contribution in [0.15, 0.2) is 47.3 Å². The second kappa shape index (κ2) is 6.97. The van der Waals surface area contributed by atoms with Crippen molar-refractivity contribution in [2.24, 2.45) is 5.41 Å². The number of aryl methyl sites for hydroxylation is 1.